The third kappa shape index (κ3) is 6.56. The van der Waals surface area contributed by atoms with Crippen LogP contribution in [0.25, 0.3) is 0 Å². The Bertz CT molecular complexity index is 963. The molecular weight excluding hydrogens is 432 g/mol. The number of aromatic nitrogens is 2. The van der Waals surface area contributed by atoms with E-state index in [9.17, 15) is 14.4 Å². The van der Waals surface area contributed by atoms with Gasteiger partial charge in [-0.1, -0.05) is 44.0 Å². The van der Waals surface area contributed by atoms with Gasteiger partial charge in [-0.3, -0.25) is 10.1 Å². The zero-order valence-corrected chi connectivity index (χ0v) is 19.2. The van der Waals surface area contributed by atoms with Gasteiger partial charge >= 0.3 is 12.0 Å². The van der Waals surface area contributed by atoms with E-state index in [1.165, 1.54) is 11.8 Å². The van der Waals surface area contributed by atoms with E-state index in [1.54, 1.807) is 31.2 Å². The lowest BCUT2D eigenvalue weighted by atomic mass is 9.78. The number of thioether (sulfide) groups is 1. The van der Waals surface area contributed by atoms with Gasteiger partial charge in [0, 0.05) is 10.9 Å². The van der Waals surface area contributed by atoms with Crippen LogP contribution in [0.3, 0.4) is 0 Å². The second kappa shape index (κ2) is 11.1. The number of amides is 3. The van der Waals surface area contributed by atoms with E-state index in [2.05, 4.69) is 34.6 Å². The average Bonchev–Trinajstić information content (AvgIpc) is 3.19. The molecule has 2 N–H and O–H groups in total. The van der Waals surface area contributed by atoms with Crippen LogP contribution in [-0.2, 0) is 15.3 Å². The zero-order chi connectivity index (χ0) is 23.1. The summed E-state index contributed by atoms with van der Waals surface area (Å²) in [6.45, 7) is 5.45. The van der Waals surface area contributed by atoms with E-state index in [4.69, 9.17) is 9.26 Å². The fourth-order valence-corrected chi connectivity index (χ4v) is 4.54. The van der Waals surface area contributed by atoms with E-state index >= 15 is 0 Å². The molecule has 0 radical (unpaired) electrons. The monoisotopic (exact) mass is 460 g/mol. The van der Waals surface area contributed by atoms with E-state index in [1.807, 2.05) is 0 Å². The van der Waals surface area contributed by atoms with Crippen LogP contribution in [0.4, 0.5) is 4.79 Å². The van der Waals surface area contributed by atoms with Crippen molar-refractivity contribution in [3.8, 4) is 0 Å². The molecule has 2 aromatic rings. The molecule has 0 spiro atoms. The molecule has 1 saturated carbocycles. The second-order valence-corrected chi connectivity index (χ2v) is 9.01. The standard InChI is InChI=1S/C22H28N4O5S/c1-13-7-6-9-17(14(13)2)24-22(29)25-19(27)11-30-21(28)16-8-4-5-10-18(16)32-12-20-23-15(3)26-31-20/h4-5,8,10,13-14,17H,6-7,9,11-12H2,1-3H3,(H2,24,25,27,29)/t13-,14-,17+/m0/s1. The Morgan fingerprint density at radius 1 is 1.22 bits per heavy atom. The maximum atomic E-state index is 12.5. The molecule has 1 aromatic heterocycles. The van der Waals surface area contributed by atoms with Gasteiger partial charge in [0.05, 0.1) is 11.3 Å². The maximum absolute atomic E-state index is 12.5. The summed E-state index contributed by atoms with van der Waals surface area (Å²) < 4.78 is 10.2. The second-order valence-electron chi connectivity index (χ2n) is 7.99. The van der Waals surface area contributed by atoms with Gasteiger partial charge in [-0.25, -0.2) is 9.59 Å². The summed E-state index contributed by atoms with van der Waals surface area (Å²) in [5.41, 5.74) is 0.316. The van der Waals surface area contributed by atoms with Crippen LogP contribution in [0.1, 0.15) is 55.2 Å². The average molecular weight is 461 g/mol. The van der Waals surface area contributed by atoms with E-state index < -0.39 is 24.5 Å². The molecule has 1 heterocycles. The molecule has 172 valence electrons. The highest BCUT2D eigenvalue weighted by Crippen LogP contribution is 2.29. The first kappa shape index (κ1) is 23.8. The number of nitrogens with zero attached hydrogens (tertiary/aromatic N) is 2. The Morgan fingerprint density at radius 3 is 2.75 bits per heavy atom. The number of benzene rings is 1. The van der Waals surface area contributed by atoms with Gasteiger partial charge in [0.1, 0.15) is 0 Å². The van der Waals surface area contributed by atoms with Crippen molar-refractivity contribution < 1.29 is 23.6 Å². The van der Waals surface area contributed by atoms with Crippen molar-refractivity contribution in [2.45, 2.75) is 56.7 Å². The number of ether oxygens (including phenoxy) is 1. The number of carbonyl (C=O) groups is 3. The minimum Gasteiger partial charge on any atom is -0.452 e. The number of nitrogens with one attached hydrogen (secondary N) is 2. The Hall–Kier alpha value is -2.88. The molecular formula is C22H28N4O5S. The molecule has 3 amide bonds. The van der Waals surface area contributed by atoms with Crippen LogP contribution >= 0.6 is 11.8 Å². The maximum Gasteiger partial charge on any atom is 0.339 e. The highest BCUT2D eigenvalue weighted by atomic mass is 32.2. The largest absolute Gasteiger partial charge is 0.452 e. The summed E-state index contributed by atoms with van der Waals surface area (Å²) >= 11 is 1.34. The number of urea groups is 1. The molecule has 1 aliphatic rings. The summed E-state index contributed by atoms with van der Waals surface area (Å²) in [4.78, 5) is 41.5. The van der Waals surface area contributed by atoms with Gasteiger partial charge in [0.25, 0.3) is 5.91 Å². The molecule has 1 fully saturated rings. The third-order valence-electron chi connectivity index (χ3n) is 5.64. The molecule has 3 rings (SSSR count). The lowest BCUT2D eigenvalue weighted by Crippen LogP contribution is -2.49. The van der Waals surface area contributed by atoms with Gasteiger partial charge in [-0.2, -0.15) is 4.98 Å². The molecule has 32 heavy (non-hydrogen) atoms. The molecule has 0 bridgehead atoms. The number of hydrogen-bond acceptors (Lipinski definition) is 8. The van der Waals surface area contributed by atoms with Crippen LogP contribution in [0, 0.1) is 18.8 Å². The van der Waals surface area contributed by atoms with Gasteiger partial charge in [-0.15, -0.1) is 11.8 Å². The number of rotatable bonds is 7. The smallest absolute Gasteiger partial charge is 0.339 e. The topological polar surface area (TPSA) is 123 Å². The lowest BCUT2D eigenvalue weighted by Gasteiger charge is -2.34. The Kier molecular flexibility index (Phi) is 8.26. The lowest BCUT2D eigenvalue weighted by molar-refractivity contribution is -0.123. The molecule has 0 unspecified atom stereocenters. The van der Waals surface area contributed by atoms with E-state index in [0.717, 1.165) is 19.3 Å². The van der Waals surface area contributed by atoms with Gasteiger partial charge in [0.15, 0.2) is 12.4 Å². The molecule has 0 saturated heterocycles. The summed E-state index contributed by atoms with van der Waals surface area (Å²) in [5, 5.41) is 8.83. The number of carbonyl (C=O) groups excluding carboxylic acids is 3. The van der Waals surface area contributed by atoms with Crippen LogP contribution < -0.4 is 10.6 Å². The number of hydrogen-bond donors (Lipinski definition) is 2. The first-order chi connectivity index (χ1) is 15.3. The molecule has 10 heteroatoms. The minimum atomic E-state index is -0.682. The predicted molar refractivity (Wildman–Crippen MR) is 118 cm³/mol. The van der Waals surface area contributed by atoms with Gasteiger partial charge < -0.3 is 14.6 Å². The van der Waals surface area contributed by atoms with Crippen LogP contribution in [0.2, 0.25) is 0 Å². The number of imide groups is 1. The Balaban J connectivity index is 1.47. The quantitative estimate of drug-likeness (QED) is 0.475. The predicted octanol–water partition coefficient (Wildman–Crippen LogP) is 3.48. The number of esters is 1. The van der Waals surface area contributed by atoms with Gasteiger partial charge in [-0.05, 0) is 37.3 Å². The molecule has 9 nitrogen and oxygen atoms in total. The van der Waals surface area contributed by atoms with E-state index in [0.29, 0.717) is 39.8 Å². The summed E-state index contributed by atoms with van der Waals surface area (Å²) in [6, 6.07) is 6.34. The van der Waals surface area contributed by atoms with Crippen molar-refractivity contribution in [2.75, 3.05) is 6.61 Å². The fourth-order valence-electron chi connectivity index (χ4n) is 3.66. The fraction of sp³-hybridized carbons (Fsp3) is 0.500. The Labute approximate surface area is 191 Å². The molecule has 3 atom stereocenters. The van der Waals surface area contributed by atoms with Gasteiger partial charge in [0.2, 0.25) is 5.89 Å². The third-order valence-corrected chi connectivity index (χ3v) is 6.70. The number of aryl methyl sites for hydroxylation is 1. The van der Waals surface area contributed by atoms with Crippen molar-refractivity contribution in [3.63, 3.8) is 0 Å². The normalized spacial score (nSPS) is 20.4. The minimum absolute atomic E-state index is 0.0284. The highest BCUT2D eigenvalue weighted by Gasteiger charge is 2.28. The van der Waals surface area contributed by atoms with Crippen molar-refractivity contribution >= 4 is 29.7 Å². The molecule has 0 aliphatic heterocycles. The van der Waals surface area contributed by atoms with Crippen LogP contribution in [-0.4, -0.2) is 40.7 Å². The summed E-state index contributed by atoms with van der Waals surface area (Å²) in [6.07, 6.45) is 3.08. The first-order valence-corrected chi connectivity index (χ1v) is 11.6. The first-order valence-electron chi connectivity index (χ1n) is 10.6. The SMILES string of the molecule is Cc1noc(CSc2ccccc2C(=O)OCC(=O)NC(=O)N[C@@H]2CCC[C@H](C)[C@@H]2C)n1. The van der Waals surface area contributed by atoms with Crippen LogP contribution in [0.5, 0.6) is 0 Å². The Morgan fingerprint density at radius 2 is 2.00 bits per heavy atom. The van der Waals surface area contributed by atoms with Crippen molar-refractivity contribution in [2.24, 2.45) is 11.8 Å². The molecule has 1 aromatic carbocycles. The van der Waals surface area contributed by atoms with Crippen LogP contribution in [0.15, 0.2) is 33.7 Å². The van der Waals surface area contributed by atoms with Crippen molar-refractivity contribution in [1.82, 2.24) is 20.8 Å². The highest BCUT2D eigenvalue weighted by molar-refractivity contribution is 7.98. The molecule has 1 aliphatic carbocycles. The summed E-state index contributed by atoms with van der Waals surface area (Å²) in [7, 11) is 0. The summed E-state index contributed by atoms with van der Waals surface area (Å²) in [5.74, 6) is 0.904. The van der Waals surface area contributed by atoms with Crippen molar-refractivity contribution in [1.29, 1.82) is 0 Å². The van der Waals surface area contributed by atoms with E-state index in [-0.39, 0.29) is 6.04 Å². The zero-order valence-electron chi connectivity index (χ0n) is 18.4. The van der Waals surface area contributed by atoms with Crippen molar-refractivity contribution in [3.05, 3.63) is 41.5 Å².